The van der Waals surface area contributed by atoms with Crippen molar-refractivity contribution in [3.05, 3.63) is 31.9 Å². The maximum absolute atomic E-state index is 12.2. The van der Waals surface area contributed by atoms with Crippen molar-refractivity contribution in [1.82, 2.24) is 0 Å². The largest absolute Gasteiger partial charge is 0.477 e. The Hall–Kier alpha value is -1.34. The molecule has 1 N–H and O–H groups in total. The summed E-state index contributed by atoms with van der Waals surface area (Å²) < 4.78 is 6.69. The molecule has 0 aliphatic carbocycles. The lowest BCUT2D eigenvalue weighted by molar-refractivity contribution is 0.0505. The van der Waals surface area contributed by atoms with Crippen molar-refractivity contribution in [3.63, 3.8) is 0 Å². The lowest BCUT2D eigenvalue weighted by atomic mass is 10.2. The zero-order valence-electron chi connectivity index (χ0n) is 12.5. The van der Waals surface area contributed by atoms with Crippen LogP contribution >= 0.6 is 45.9 Å². The zero-order chi connectivity index (χ0) is 17.4. The van der Waals surface area contributed by atoms with Crippen molar-refractivity contribution in [2.24, 2.45) is 0 Å². The summed E-state index contributed by atoms with van der Waals surface area (Å²) in [5.74, 6) is -1.53. The first kappa shape index (κ1) is 17.5. The van der Waals surface area contributed by atoms with Crippen molar-refractivity contribution < 1.29 is 19.4 Å². The number of hydrogen-bond donors (Lipinski definition) is 1. The Labute approximate surface area is 155 Å². The molecule has 8 heteroatoms. The number of unbranched alkanes of at least 4 members (excludes halogenated alkanes) is 1. The number of rotatable bonds is 5. The minimum atomic E-state index is -1.07. The quantitative estimate of drug-likeness (QED) is 0.414. The fraction of sp³-hybridized carbons (Fsp3) is 0.250. The first-order valence-electron chi connectivity index (χ1n) is 7.19. The SMILES string of the molecule is CCCCOC(=O)c1sc2c(ccc3c(Cl)c(C(=O)O)sc32)c1Cl. The number of fused-ring (bicyclic) bond motifs is 3. The minimum Gasteiger partial charge on any atom is -0.477 e. The molecule has 24 heavy (non-hydrogen) atoms. The molecule has 2 heterocycles. The second kappa shape index (κ2) is 6.88. The molecule has 0 aliphatic heterocycles. The van der Waals surface area contributed by atoms with Gasteiger partial charge >= 0.3 is 11.9 Å². The van der Waals surface area contributed by atoms with E-state index in [9.17, 15) is 14.7 Å². The Morgan fingerprint density at radius 3 is 2.17 bits per heavy atom. The van der Waals surface area contributed by atoms with E-state index in [4.69, 9.17) is 27.9 Å². The summed E-state index contributed by atoms with van der Waals surface area (Å²) in [7, 11) is 0. The molecule has 3 rings (SSSR count). The Kier molecular flexibility index (Phi) is 5.01. The van der Waals surface area contributed by atoms with E-state index in [1.54, 1.807) is 12.1 Å². The van der Waals surface area contributed by atoms with Crippen LogP contribution in [0.3, 0.4) is 0 Å². The van der Waals surface area contributed by atoms with E-state index in [1.807, 2.05) is 6.92 Å². The summed E-state index contributed by atoms with van der Waals surface area (Å²) in [5, 5.41) is 11.1. The van der Waals surface area contributed by atoms with Gasteiger partial charge in [-0.1, -0.05) is 48.7 Å². The maximum atomic E-state index is 12.2. The van der Waals surface area contributed by atoms with Crippen LogP contribution in [0, 0.1) is 0 Å². The number of ether oxygens (including phenoxy) is 1. The molecular weight excluding hydrogens is 391 g/mol. The van der Waals surface area contributed by atoms with Gasteiger partial charge in [-0.2, -0.15) is 0 Å². The van der Waals surface area contributed by atoms with E-state index < -0.39 is 11.9 Å². The fourth-order valence-corrected chi connectivity index (χ4v) is 5.36. The molecule has 0 amide bonds. The van der Waals surface area contributed by atoms with E-state index in [0.717, 1.165) is 33.6 Å². The average molecular weight is 403 g/mol. The Bertz CT molecular complexity index is 958. The molecule has 126 valence electrons. The Morgan fingerprint density at radius 1 is 1.08 bits per heavy atom. The molecule has 0 fully saturated rings. The maximum Gasteiger partial charge on any atom is 0.349 e. The highest BCUT2D eigenvalue weighted by molar-refractivity contribution is 7.29. The zero-order valence-corrected chi connectivity index (χ0v) is 15.7. The molecule has 4 nitrogen and oxygen atoms in total. The molecule has 2 aromatic heterocycles. The molecule has 0 saturated heterocycles. The molecule has 0 spiro atoms. The molecule has 0 atom stereocenters. The summed E-state index contributed by atoms with van der Waals surface area (Å²) in [6.07, 6.45) is 1.72. The van der Waals surface area contributed by atoms with Crippen LogP contribution in [0.4, 0.5) is 0 Å². The second-order valence-electron chi connectivity index (χ2n) is 5.10. The third-order valence-corrected chi connectivity index (χ3v) is 7.06. The van der Waals surface area contributed by atoms with Crippen LogP contribution in [0.5, 0.6) is 0 Å². The minimum absolute atomic E-state index is 0.0794. The van der Waals surface area contributed by atoms with Gasteiger partial charge in [-0.25, -0.2) is 9.59 Å². The monoisotopic (exact) mass is 402 g/mol. The fourth-order valence-electron chi connectivity index (χ4n) is 2.29. The lowest BCUT2D eigenvalue weighted by Crippen LogP contribution is -2.04. The molecule has 0 bridgehead atoms. The number of thiophene rings is 2. The molecule has 3 aromatic rings. The van der Waals surface area contributed by atoms with Crippen LogP contribution in [0.1, 0.15) is 39.1 Å². The van der Waals surface area contributed by atoms with E-state index in [1.165, 1.54) is 11.3 Å². The molecular formula is C16H12Cl2O4S2. The summed E-state index contributed by atoms with van der Waals surface area (Å²) in [6.45, 7) is 2.36. The third kappa shape index (κ3) is 2.88. The van der Waals surface area contributed by atoms with Crippen molar-refractivity contribution in [3.8, 4) is 0 Å². The highest BCUT2D eigenvalue weighted by Gasteiger charge is 2.23. The van der Waals surface area contributed by atoms with Gasteiger partial charge in [0.15, 0.2) is 0 Å². The molecule has 0 radical (unpaired) electrons. The van der Waals surface area contributed by atoms with E-state index in [2.05, 4.69) is 0 Å². The summed E-state index contributed by atoms with van der Waals surface area (Å²) in [6, 6.07) is 3.48. The topological polar surface area (TPSA) is 63.6 Å². The number of carbonyl (C=O) groups excluding carboxylic acids is 1. The van der Waals surface area contributed by atoms with Crippen molar-refractivity contribution >= 4 is 78.0 Å². The van der Waals surface area contributed by atoms with Gasteiger partial charge in [0.2, 0.25) is 0 Å². The lowest BCUT2D eigenvalue weighted by Gasteiger charge is -2.01. The first-order chi connectivity index (χ1) is 11.5. The van der Waals surface area contributed by atoms with Gasteiger partial charge in [-0.3, -0.25) is 0 Å². The molecule has 1 aromatic carbocycles. The van der Waals surface area contributed by atoms with Gasteiger partial charge in [0, 0.05) is 10.8 Å². The predicted molar refractivity (Wildman–Crippen MR) is 99.4 cm³/mol. The van der Waals surface area contributed by atoms with Gasteiger partial charge in [0.05, 0.1) is 26.1 Å². The van der Waals surface area contributed by atoms with Gasteiger partial charge in [0.25, 0.3) is 0 Å². The summed E-state index contributed by atoms with van der Waals surface area (Å²) in [5.41, 5.74) is 0. The van der Waals surface area contributed by atoms with Crippen LogP contribution in [0.15, 0.2) is 12.1 Å². The van der Waals surface area contributed by atoms with E-state index in [-0.39, 0.29) is 9.90 Å². The number of carboxylic acid groups (broad SMARTS) is 1. The number of esters is 1. The summed E-state index contributed by atoms with van der Waals surface area (Å²) >= 11 is 14.8. The van der Waals surface area contributed by atoms with E-state index in [0.29, 0.717) is 27.3 Å². The van der Waals surface area contributed by atoms with Crippen LogP contribution in [-0.4, -0.2) is 23.7 Å². The van der Waals surface area contributed by atoms with Crippen LogP contribution in [0.2, 0.25) is 10.0 Å². The number of halogens is 2. The number of hydrogen-bond acceptors (Lipinski definition) is 5. The van der Waals surface area contributed by atoms with Crippen LogP contribution < -0.4 is 0 Å². The van der Waals surface area contributed by atoms with E-state index >= 15 is 0 Å². The number of carbonyl (C=O) groups is 2. The highest BCUT2D eigenvalue weighted by atomic mass is 35.5. The standard InChI is InChI=1S/C16H12Cl2O4S2/c1-2-3-6-22-16(21)14-10(18)8-5-4-7-9(17)13(15(19)20)23-11(7)12(8)24-14/h4-5H,2-3,6H2,1H3,(H,19,20). The predicted octanol–water partition coefficient (Wildman–Crippen LogP) is 6.08. The highest BCUT2D eigenvalue weighted by Crippen LogP contribution is 2.45. The van der Waals surface area contributed by atoms with Crippen molar-refractivity contribution in [2.75, 3.05) is 6.61 Å². The van der Waals surface area contributed by atoms with Gasteiger partial charge in [0.1, 0.15) is 9.75 Å². The number of carboxylic acids is 1. The molecule has 0 saturated carbocycles. The number of aromatic carboxylic acids is 1. The average Bonchev–Trinajstić information content (AvgIpc) is 3.06. The van der Waals surface area contributed by atoms with Crippen LogP contribution in [0.25, 0.3) is 20.2 Å². The second-order valence-corrected chi connectivity index (χ2v) is 7.90. The normalized spacial score (nSPS) is 11.3. The molecule has 0 aliphatic rings. The first-order valence-corrected chi connectivity index (χ1v) is 9.58. The van der Waals surface area contributed by atoms with Gasteiger partial charge < -0.3 is 9.84 Å². The van der Waals surface area contributed by atoms with Gasteiger partial charge in [-0.05, 0) is 6.42 Å². The van der Waals surface area contributed by atoms with Crippen molar-refractivity contribution in [1.29, 1.82) is 0 Å². The number of benzene rings is 1. The summed E-state index contributed by atoms with van der Waals surface area (Å²) in [4.78, 5) is 23.9. The Morgan fingerprint density at radius 2 is 1.62 bits per heavy atom. The Balaban J connectivity index is 2.13. The molecule has 0 unspecified atom stereocenters. The third-order valence-electron chi connectivity index (χ3n) is 3.50. The smallest absolute Gasteiger partial charge is 0.349 e. The van der Waals surface area contributed by atoms with Crippen molar-refractivity contribution in [2.45, 2.75) is 19.8 Å². The van der Waals surface area contributed by atoms with Gasteiger partial charge in [-0.15, -0.1) is 22.7 Å². The van der Waals surface area contributed by atoms with Crippen LogP contribution in [-0.2, 0) is 4.74 Å².